The topological polar surface area (TPSA) is 0 Å². The minimum Gasteiger partial charge on any atom is -0.209 e. The van der Waals surface area contributed by atoms with E-state index < -0.39 is 191 Å². The minimum atomic E-state index is -7.92. The normalized spacial score (nSPS) is 12.2. The van der Waals surface area contributed by atoms with Crippen molar-refractivity contribution in [2.24, 2.45) is 0 Å². The molecule has 4 aromatic carbocycles. The van der Waals surface area contributed by atoms with Crippen molar-refractivity contribution in [3.8, 4) is 0 Å². The molecule has 0 N–H and O–H groups in total. The molecule has 328 valence electrons. The first-order valence-electron chi connectivity index (χ1n) is 14.8. The Bertz CT molecular complexity index is 2220. The Hall–Kier alpha value is -5.99. The predicted octanol–water partition coefficient (Wildman–Crippen LogP) is 11.5. The van der Waals surface area contributed by atoms with Crippen molar-refractivity contribution < 1.29 is 119 Å². The SMILES string of the molecule is C/C(F)=C(\F)c1c(F)c(F)c([B-](c2c(F)c(F)c(C(F)=C(F)F)c(F)c2F)(c2c(F)c(F)c(C(F)=C(F)F)c(F)c2F)c2c(F)c(F)c(C(F)=C(F)F)c(F)c2F)c(F)c1F. The highest BCUT2D eigenvalue weighted by Crippen LogP contribution is 2.38. The standard InChI is InChI=1S/C33H3BF27/c1-2(35)11(36)3-12(37)23(48)7(24(49)13(3)38)34(8-25(50)14(39)4(15(40)26(8)51)20(45)31(56)57,9-27(52)16(41)5(17(42)28(9)53)21(46)32(58)59)10-29(54)18(43)6(19(44)30(10)55)22(47)33(60)61/h1H3/q-1/b11-2+. The number of halogens is 27. The zero-order valence-corrected chi connectivity index (χ0v) is 27.8. The van der Waals surface area contributed by atoms with Crippen molar-refractivity contribution in [3.63, 3.8) is 0 Å². The van der Waals surface area contributed by atoms with Crippen LogP contribution in [0.5, 0.6) is 0 Å². The molecule has 0 amide bonds. The van der Waals surface area contributed by atoms with Crippen LogP contribution in [0, 0.1) is 93.1 Å². The summed E-state index contributed by atoms with van der Waals surface area (Å²) in [5.41, 5.74) is -29.7. The van der Waals surface area contributed by atoms with E-state index in [1.165, 1.54) is 0 Å². The van der Waals surface area contributed by atoms with Crippen LogP contribution < -0.4 is 21.9 Å². The van der Waals surface area contributed by atoms with Gasteiger partial charge in [0.25, 0.3) is 0 Å². The van der Waals surface area contributed by atoms with E-state index in [0.29, 0.717) is 0 Å². The summed E-state index contributed by atoms with van der Waals surface area (Å²) in [6.45, 7) is -0.144. The predicted molar refractivity (Wildman–Crippen MR) is 155 cm³/mol. The van der Waals surface area contributed by atoms with Gasteiger partial charge in [-0.3, -0.25) is 0 Å². The van der Waals surface area contributed by atoms with Crippen molar-refractivity contribution in [1.29, 1.82) is 0 Å². The molecule has 0 unspecified atom stereocenters. The molecule has 4 aromatic rings. The third-order valence-electron chi connectivity index (χ3n) is 8.60. The number of hydrogen-bond donors (Lipinski definition) is 0. The Morgan fingerprint density at radius 1 is 0.246 bits per heavy atom. The molecule has 0 nitrogen and oxygen atoms in total. The van der Waals surface area contributed by atoms with Crippen LogP contribution in [0.2, 0.25) is 0 Å². The van der Waals surface area contributed by atoms with Gasteiger partial charge in [0, 0.05) is 0 Å². The molecule has 0 atom stereocenters. The van der Waals surface area contributed by atoms with Crippen LogP contribution in [-0.4, -0.2) is 6.15 Å². The van der Waals surface area contributed by atoms with Gasteiger partial charge in [-0.1, -0.05) is 0 Å². The van der Waals surface area contributed by atoms with Gasteiger partial charge in [-0.15, -0.1) is 21.9 Å². The molecule has 4 rings (SSSR count). The second kappa shape index (κ2) is 16.5. The monoisotopic (exact) mass is 923 g/mol. The van der Waals surface area contributed by atoms with Crippen LogP contribution in [0.15, 0.2) is 24.1 Å². The van der Waals surface area contributed by atoms with E-state index >= 15 is 70.2 Å². The number of rotatable bonds is 8. The number of allylic oxidation sites excluding steroid dienone is 1. The smallest absolute Gasteiger partial charge is 0.209 e. The fourth-order valence-corrected chi connectivity index (χ4v) is 6.21. The third-order valence-corrected chi connectivity index (χ3v) is 8.60. The lowest BCUT2D eigenvalue weighted by molar-refractivity contribution is 0.402. The average molecular weight is 923 g/mol. The summed E-state index contributed by atoms with van der Waals surface area (Å²) in [6, 6.07) is 0. The van der Waals surface area contributed by atoms with Gasteiger partial charge in [0.2, 0.25) is 17.5 Å². The molecule has 0 aromatic heterocycles. The molecular formula is C33H3BF27-. The van der Waals surface area contributed by atoms with Gasteiger partial charge in [-0.2, -0.15) is 26.3 Å². The molecule has 0 fully saturated rings. The third kappa shape index (κ3) is 6.85. The summed E-state index contributed by atoms with van der Waals surface area (Å²) in [4.78, 5) is 0. The van der Waals surface area contributed by atoms with Crippen LogP contribution in [0.4, 0.5) is 119 Å². The van der Waals surface area contributed by atoms with E-state index in [4.69, 9.17) is 0 Å². The quantitative estimate of drug-likeness (QED) is 0.0938. The Morgan fingerprint density at radius 2 is 0.393 bits per heavy atom. The fraction of sp³-hybridized carbons (Fsp3) is 0.0303. The van der Waals surface area contributed by atoms with Crippen molar-refractivity contribution >= 4 is 51.3 Å². The van der Waals surface area contributed by atoms with Crippen LogP contribution in [0.25, 0.3) is 23.3 Å². The van der Waals surface area contributed by atoms with Gasteiger partial charge < -0.3 is 0 Å². The van der Waals surface area contributed by atoms with Gasteiger partial charge in [-0.05, 0) is 6.92 Å². The lowest BCUT2D eigenvalue weighted by Crippen LogP contribution is -2.81. The number of benzene rings is 4. The highest BCUT2D eigenvalue weighted by molar-refractivity contribution is 7.20. The molecule has 0 radical (unpaired) electrons. The first kappa shape index (κ1) is 47.7. The molecule has 0 aliphatic heterocycles. The lowest BCUT2D eigenvalue weighted by Gasteiger charge is -2.45. The Morgan fingerprint density at radius 3 is 0.525 bits per heavy atom. The first-order valence-corrected chi connectivity index (χ1v) is 14.8. The largest absolute Gasteiger partial charge is 0.306 e. The van der Waals surface area contributed by atoms with Crippen LogP contribution >= 0.6 is 0 Å². The highest BCUT2D eigenvalue weighted by Gasteiger charge is 2.53. The lowest BCUT2D eigenvalue weighted by atomic mass is 9.12. The summed E-state index contributed by atoms with van der Waals surface area (Å²) >= 11 is 0. The van der Waals surface area contributed by atoms with E-state index in [1.54, 1.807) is 0 Å². The van der Waals surface area contributed by atoms with Crippen molar-refractivity contribution in [2.45, 2.75) is 6.92 Å². The Balaban J connectivity index is 2.78. The number of hydrogen-bond acceptors (Lipinski definition) is 0. The zero-order valence-electron chi connectivity index (χ0n) is 27.8. The minimum absolute atomic E-state index is 0.144. The fourth-order valence-electron chi connectivity index (χ4n) is 6.21. The summed E-state index contributed by atoms with van der Waals surface area (Å²) < 4.78 is 404. The summed E-state index contributed by atoms with van der Waals surface area (Å²) in [5, 5.41) is 0. The summed E-state index contributed by atoms with van der Waals surface area (Å²) in [6.07, 6.45) is -20.0. The molecule has 0 spiro atoms. The van der Waals surface area contributed by atoms with Crippen LogP contribution in [-0.2, 0) is 0 Å². The highest BCUT2D eigenvalue weighted by atomic mass is 19.3. The summed E-state index contributed by atoms with van der Waals surface area (Å²) in [7, 11) is 0. The van der Waals surface area contributed by atoms with E-state index in [-0.39, 0.29) is 6.92 Å². The van der Waals surface area contributed by atoms with Crippen molar-refractivity contribution in [3.05, 3.63) is 139 Å². The summed E-state index contributed by atoms with van der Waals surface area (Å²) in [5.74, 6) is -81.5. The molecule has 28 heteroatoms. The van der Waals surface area contributed by atoms with Gasteiger partial charge in [0.15, 0.2) is 52.4 Å². The molecule has 0 heterocycles. The van der Waals surface area contributed by atoms with E-state index in [9.17, 15) is 48.3 Å². The van der Waals surface area contributed by atoms with Gasteiger partial charge >= 0.3 is 18.2 Å². The molecule has 61 heavy (non-hydrogen) atoms. The van der Waals surface area contributed by atoms with Crippen molar-refractivity contribution in [1.82, 2.24) is 0 Å². The van der Waals surface area contributed by atoms with Gasteiger partial charge in [0.05, 0.1) is 22.3 Å². The zero-order chi connectivity index (χ0) is 47.0. The Kier molecular flexibility index (Phi) is 12.9. The molecule has 0 aliphatic rings. The second-order valence-electron chi connectivity index (χ2n) is 11.6. The molecular weight excluding hydrogens is 920 g/mol. The maximum absolute atomic E-state index is 16.3. The van der Waals surface area contributed by atoms with Gasteiger partial charge in [0.1, 0.15) is 58.5 Å². The van der Waals surface area contributed by atoms with E-state index in [1.807, 2.05) is 0 Å². The molecule has 0 saturated heterocycles. The first-order chi connectivity index (χ1) is 28.0. The molecule has 0 bridgehead atoms. The molecule has 0 saturated carbocycles. The van der Waals surface area contributed by atoms with Crippen molar-refractivity contribution in [2.75, 3.05) is 0 Å². The molecule has 0 aliphatic carbocycles. The van der Waals surface area contributed by atoms with E-state index in [2.05, 4.69) is 0 Å². The maximum atomic E-state index is 16.3. The van der Waals surface area contributed by atoms with Crippen LogP contribution in [0.3, 0.4) is 0 Å². The average Bonchev–Trinajstić information content (AvgIpc) is 3.17. The van der Waals surface area contributed by atoms with Crippen LogP contribution in [0.1, 0.15) is 29.2 Å². The Labute approximate surface area is 316 Å². The maximum Gasteiger partial charge on any atom is 0.306 e. The second-order valence-corrected chi connectivity index (χ2v) is 11.6. The van der Waals surface area contributed by atoms with Gasteiger partial charge in [-0.25, -0.2) is 92.2 Å². The van der Waals surface area contributed by atoms with E-state index in [0.717, 1.165) is 0 Å².